The molecule has 1 N–H and O–H groups in total. The van der Waals surface area contributed by atoms with Crippen molar-refractivity contribution in [3.8, 4) is 5.75 Å². The first-order chi connectivity index (χ1) is 8.72. The number of aliphatic carboxylic acids is 1. The van der Waals surface area contributed by atoms with Crippen LogP contribution in [-0.2, 0) is 4.79 Å². The van der Waals surface area contributed by atoms with Crippen LogP contribution in [-0.4, -0.2) is 36.2 Å². The Hall–Kier alpha value is -1.55. The van der Waals surface area contributed by atoms with Gasteiger partial charge >= 0.3 is 5.97 Å². The molecule has 1 aromatic rings. The zero-order valence-corrected chi connectivity index (χ0v) is 10.6. The molecule has 1 aliphatic rings. The highest BCUT2D eigenvalue weighted by molar-refractivity contribution is 5.75. The number of rotatable bonds is 4. The maximum absolute atomic E-state index is 11.5. The molecule has 0 aliphatic carbocycles. The van der Waals surface area contributed by atoms with E-state index in [-0.39, 0.29) is 0 Å². The molecular formula is C14H19NO3. The zero-order valence-electron chi connectivity index (χ0n) is 10.6. The molecule has 0 amide bonds. The number of nitrogens with zero attached hydrogens (tertiary/aromatic N) is 1. The Labute approximate surface area is 107 Å². The molecule has 0 saturated carbocycles. The monoisotopic (exact) mass is 249 g/mol. The summed E-state index contributed by atoms with van der Waals surface area (Å²) in [7, 11) is 1.61. The van der Waals surface area contributed by atoms with Crippen LogP contribution in [0.3, 0.4) is 0 Å². The van der Waals surface area contributed by atoms with E-state index in [1.807, 2.05) is 29.2 Å². The summed E-state index contributed by atoms with van der Waals surface area (Å²) in [6.07, 6.45) is 3.37. The number of hydrogen-bond acceptors (Lipinski definition) is 3. The van der Waals surface area contributed by atoms with Gasteiger partial charge in [-0.3, -0.25) is 9.69 Å². The molecule has 1 heterocycles. The van der Waals surface area contributed by atoms with Crippen LogP contribution in [0.5, 0.6) is 5.75 Å². The third-order valence-corrected chi connectivity index (χ3v) is 3.42. The topological polar surface area (TPSA) is 49.8 Å². The molecule has 1 fully saturated rings. The van der Waals surface area contributed by atoms with Gasteiger partial charge in [-0.2, -0.15) is 0 Å². The molecule has 0 aromatic heterocycles. The van der Waals surface area contributed by atoms with Crippen molar-refractivity contribution in [3.63, 3.8) is 0 Å². The second-order valence-electron chi connectivity index (χ2n) is 4.61. The predicted octanol–water partition coefficient (Wildman–Crippen LogP) is 2.31. The quantitative estimate of drug-likeness (QED) is 0.889. The third-order valence-electron chi connectivity index (χ3n) is 3.42. The summed E-state index contributed by atoms with van der Waals surface area (Å²) < 4.78 is 5.09. The smallest absolute Gasteiger partial charge is 0.325 e. The molecule has 1 unspecified atom stereocenters. The Morgan fingerprint density at radius 2 is 1.83 bits per heavy atom. The minimum absolute atomic E-state index is 0.531. The highest BCUT2D eigenvalue weighted by atomic mass is 16.5. The van der Waals surface area contributed by atoms with E-state index in [0.717, 1.165) is 37.2 Å². The van der Waals surface area contributed by atoms with Crippen molar-refractivity contribution >= 4 is 5.97 Å². The number of carboxylic acid groups (broad SMARTS) is 1. The molecule has 4 nitrogen and oxygen atoms in total. The van der Waals surface area contributed by atoms with Gasteiger partial charge < -0.3 is 9.84 Å². The summed E-state index contributed by atoms with van der Waals surface area (Å²) in [5, 5.41) is 9.43. The first-order valence-corrected chi connectivity index (χ1v) is 6.33. The van der Waals surface area contributed by atoms with Gasteiger partial charge in [0.1, 0.15) is 11.8 Å². The molecule has 18 heavy (non-hydrogen) atoms. The molecular weight excluding hydrogens is 230 g/mol. The van der Waals surface area contributed by atoms with Gasteiger partial charge in [0.05, 0.1) is 7.11 Å². The van der Waals surface area contributed by atoms with E-state index in [9.17, 15) is 9.90 Å². The summed E-state index contributed by atoms with van der Waals surface area (Å²) in [6.45, 7) is 1.73. The van der Waals surface area contributed by atoms with Crippen LogP contribution in [0.15, 0.2) is 24.3 Å². The molecule has 1 aliphatic heterocycles. The van der Waals surface area contributed by atoms with Crippen LogP contribution in [0.4, 0.5) is 0 Å². The van der Waals surface area contributed by atoms with E-state index in [2.05, 4.69) is 0 Å². The number of piperidine rings is 1. The second kappa shape index (κ2) is 5.87. The number of likely N-dealkylation sites (tertiary alicyclic amines) is 1. The van der Waals surface area contributed by atoms with E-state index in [4.69, 9.17) is 4.74 Å². The van der Waals surface area contributed by atoms with Crippen molar-refractivity contribution < 1.29 is 14.6 Å². The molecule has 4 heteroatoms. The van der Waals surface area contributed by atoms with Gasteiger partial charge in [0, 0.05) is 0 Å². The standard InChI is InChI=1S/C14H19NO3/c1-18-12-7-5-11(6-8-12)13(14(16)17)15-9-3-2-4-10-15/h5-8,13H,2-4,9-10H2,1H3,(H,16,17). The summed E-state index contributed by atoms with van der Waals surface area (Å²) in [6, 6.07) is 6.78. The van der Waals surface area contributed by atoms with E-state index < -0.39 is 12.0 Å². The summed E-state index contributed by atoms with van der Waals surface area (Å²) >= 11 is 0. The predicted molar refractivity (Wildman–Crippen MR) is 68.8 cm³/mol. The largest absolute Gasteiger partial charge is 0.497 e. The fraction of sp³-hybridized carbons (Fsp3) is 0.500. The Kier molecular flexibility index (Phi) is 4.20. The van der Waals surface area contributed by atoms with Crippen molar-refractivity contribution in [1.82, 2.24) is 4.90 Å². The highest BCUT2D eigenvalue weighted by Gasteiger charge is 2.28. The maximum Gasteiger partial charge on any atom is 0.325 e. The van der Waals surface area contributed by atoms with Crippen LogP contribution in [0.1, 0.15) is 30.9 Å². The number of carbonyl (C=O) groups is 1. The second-order valence-corrected chi connectivity index (χ2v) is 4.61. The lowest BCUT2D eigenvalue weighted by atomic mass is 10.0. The molecule has 98 valence electrons. The molecule has 0 bridgehead atoms. The van der Waals surface area contributed by atoms with Crippen LogP contribution in [0, 0.1) is 0 Å². The fourth-order valence-corrected chi connectivity index (χ4v) is 2.47. The van der Waals surface area contributed by atoms with Crippen LogP contribution < -0.4 is 4.74 Å². The minimum Gasteiger partial charge on any atom is -0.497 e. The van der Waals surface area contributed by atoms with Crippen molar-refractivity contribution in [1.29, 1.82) is 0 Å². The average molecular weight is 249 g/mol. The lowest BCUT2D eigenvalue weighted by Gasteiger charge is -2.32. The van der Waals surface area contributed by atoms with Crippen molar-refractivity contribution in [2.45, 2.75) is 25.3 Å². The van der Waals surface area contributed by atoms with Crippen molar-refractivity contribution in [2.75, 3.05) is 20.2 Å². The van der Waals surface area contributed by atoms with Crippen molar-refractivity contribution in [2.24, 2.45) is 0 Å². The van der Waals surface area contributed by atoms with Crippen LogP contribution >= 0.6 is 0 Å². The van der Waals surface area contributed by atoms with Gasteiger partial charge in [-0.05, 0) is 43.6 Å². The Balaban J connectivity index is 2.20. The number of methoxy groups -OCH3 is 1. The number of ether oxygens (including phenoxy) is 1. The maximum atomic E-state index is 11.5. The molecule has 1 atom stereocenters. The van der Waals surface area contributed by atoms with Crippen molar-refractivity contribution in [3.05, 3.63) is 29.8 Å². The SMILES string of the molecule is COc1ccc(C(C(=O)O)N2CCCCC2)cc1. The minimum atomic E-state index is -0.776. The third kappa shape index (κ3) is 2.82. The lowest BCUT2D eigenvalue weighted by molar-refractivity contribution is -0.144. The summed E-state index contributed by atoms with van der Waals surface area (Å²) in [5.41, 5.74) is 0.824. The van der Waals surface area contributed by atoms with E-state index in [1.54, 1.807) is 7.11 Å². The Bertz CT molecular complexity index is 396. The average Bonchev–Trinajstić information content (AvgIpc) is 2.40. The van der Waals surface area contributed by atoms with Gasteiger partial charge in [0.2, 0.25) is 0 Å². The molecule has 0 spiro atoms. The van der Waals surface area contributed by atoms with E-state index in [0.29, 0.717) is 0 Å². The molecule has 2 rings (SSSR count). The fourth-order valence-electron chi connectivity index (χ4n) is 2.47. The molecule has 1 aromatic carbocycles. The Morgan fingerprint density at radius 1 is 1.22 bits per heavy atom. The lowest BCUT2D eigenvalue weighted by Crippen LogP contribution is -2.37. The normalized spacial score (nSPS) is 18.3. The number of carboxylic acids is 1. The van der Waals surface area contributed by atoms with Gasteiger partial charge in [0.15, 0.2) is 0 Å². The van der Waals surface area contributed by atoms with Gasteiger partial charge in [-0.1, -0.05) is 18.6 Å². The first-order valence-electron chi connectivity index (χ1n) is 6.33. The first kappa shape index (κ1) is 12.9. The van der Waals surface area contributed by atoms with E-state index in [1.165, 1.54) is 6.42 Å². The molecule has 1 saturated heterocycles. The number of hydrogen-bond donors (Lipinski definition) is 1. The van der Waals surface area contributed by atoms with Gasteiger partial charge in [0.25, 0.3) is 0 Å². The zero-order chi connectivity index (χ0) is 13.0. The summed E-state index contributed by atoms with van der Waals surface area (Å²) in [5.74, 6) is -0.0244. The van der Waals surface area contributed by atoms with Gasteiger partial charge in [-0.15, -0.1) is 0 Å². The van der Waals surface area contributed by atoms with Gasteiger partial charge in [-0.25, -0.2) is 0 Å². The highest BCUT2D eigenvalue weighted by Crippen LogP contribution is 2.26. The van der Waals surface area contributed by atoms with Crippen LogP contribution in [0.2, 0.25) is 0 Å². The Morgan fingerprint density at radius 3 is 2.33 bits per heavy atom. The number of benzene rings is 1. The van der Waals surface area contributed by atoms with E-state index >= 15 is 0 Å². The molecule has 0 radical (unpaired) electrons. The van der Waals surface area contributed by atoms with Crippen LogP contribution in [0.25, 0.3) is 0 Å². The summed E-state index contributed by atoms with van der Waals surface area (Å²) in [4.78, 5) is 13.5.